The predicted molar refractivity (Wildman–Crippen MR) is 87.0 cm³/mol. The lowest BCUT2D eigenvalue weighted by molar-refractivity contribution is 0.595. The molecule has 0 radical (unpaired) electrons. The van der Waals surface area contributed by atoms with Gasteiger partial charge in [-0.3, -0.25) is 4.98 Å². The van der Waals surface area contributed by atoms with Crippen molar-refractivity contribution in [2.24, 2.45) is 0 Å². The van der Waals surface area contributed by atoms with Crippen LogP contribution >= 0.6 is 0 Å². The Morgan fingerprint density at radius 3 is 2.32 bits per heavy atom. The van der Waals surface area contributed by atoms with E-state index in [2.05, 4.69) is 4.98 Å². The Morgan fingerprint density at radius 1 is 0.818 bits per heavy atom. The Kier molecular flexibility index (Phi) is 4.02. The van der Waals surface area contributed by atoms with E-state index in [1.807, 2.05) is 54.6 Å². The molecule has 0 unspecified atom stereocenters. The molecule has 0 aliphatic carbocycles. The second-order valence-corrected chi connectivity index (χ2v) is 6.98. The van der Waals surface area contributed by atoms with Gasteiger partial charge >= 0.3 is 0 Å². The van der Waals surface area contributed by atoms with Crippen LogP contribution in [0, 0.1) is 0 Å². The van der Waals surface area contributed by atoms with Crippen LogP contribution in [0.3, 0.4) is 0 Å². The topological polar surface area (TPSA) is 47.0 Å². The monoisotopic (exact) mass is 309 g/mol. The van der Waals surface area contributed by atoms with Crippen LogP contribution in [-0.2, 0) is 15.6 Å². The molecule has 3 rings (SSSR count). The highest BCUT2D eigenvalue weighted by Gasteiger charge is 2.16. The van der Waals surface area contributed by atoms with Crippen molar-refractivity contribution in [3.63, 3.8) is 0 Å². The highest BCUT2D eigenvalue weighted by atomic mass is 32.2. The average molecular weight is 309 g/mol. The highest BCUT2D eigenvalue weighted by Crippen LogP contribution is 2.23. The van der Waals surface area contributed by atoms with E-state index in [1.54, 1.807) is 24.4 Å². The molecule has 2 aromatic carbocycles. The molecule has 0 N–H and O–H groups in total. The zero-order valence-electron chi connectivity index (χ0n) is 11.9. The maximum atomic E-state index is 12.6. The van der Waals surface area contributed by atoms with E-state index in [4.69, 9.17) is 0 Å². The van der Waals surface area contributed by atoms with Crippen molar-refractivity contribution in [2.45, 2.75) is 10.6 Å². The van der Waals surface area contributed by atoms with E-state index in [0.29, 0.717) is 4.90 Å². The Hall–Kier alpha value is -2.46. The lowest BCUT2D eigenvalue weighted by Crippen LogP contribution is -2.05. The lowest BCUT2D eigenvalue weighted by Gasteiger charge is -2.07. The summed E-state index contributed by atoms with van der Waals surface area (Å²) < 4.78 is 25.1. The second kappa shape index (κ2) is 6.12. The van der Waals surface area contributed by atoms with Crippen LogP contribution in [0.2, 0.25) is 0 Å². The molecule has 1 heterocycles. The molecular formula is C18H15NO2S. The molecule has 3 nitrogen and oxygen atoms in total. The van der Waals surface area contributed by atoms with E-state index >= 15 is 0 Å². The largest absolute Gasteiger partial charge is 0.256 e. The molecule has 0 atom stereocenters. The summed E-state index contributed by atoms with van der Waals surface area (Å²) in [6.45, 7) is 0. The van der Waals surface area contributed by atoms with Crippen LogP contribution in [0.25, 0.3) is 11.3 Å². The standard InChI is InChI=1S/C18H15NO2S/c20-22(21,14-15-7-2-1-3-8-15)17-10-6-9-16(13-17)18-11-4-5-12-19-18/h1-13H,14H2. The number of nitrogens with zero attached hydrogens (tertiary/aromatic N) is 1. The number of rotatable bonds is 4. The van der Waals surface area contributed by atoms with Gasteiger partial charge in [0.25, 0.3) is 0 Å². The minimum Gasteiger partial charge on any atom is -0.256 e. The van der Waals surface area contributed by atoms with Crippen molar-refractivity contribution in [3.8, 4) is 11.3 Å². The number of benzene rings is 2. The Morgan fingerprint density at radius 2 is 1.59 bits per heavy atom. The van der Waals surface area contributed by atoms with Crippen molar-refractivity contribution >= 4 is 9.84 Å². The van der Waals surface area contributed by atoms with E-state index in [-0.39, 0.29) is 5.75 Å². The molecule has 110 valence electrons. The van der Waals surface area contributed by atoms with Gasteiger partial charge in [0.05, 0.1) is 16.3 Å². The molecular weight excluding hydrogens is 294 g/mol. The average Bonchev–Trinajstić information content (AvgIpc) is 2.56. The molecule has 1 aromatic heterocycles. The number of aromatic nitrogens is 1. The summed E-state index contributed by atoms with van der Waals surface area (Å²) in [6.07, 6.45) is 1.69. The first-order valence-electron chi connectivity index (χ1n) is 6.93. The van der Waals surface area contributed by atoms with Gasteiger partial charge in [0.1, 0.15) is 0 Å². The van der Waals surface area contributed by atoms with Crippen LogP contribution in [-0.4, -0.2) is 13.4 Å². The zero-order valence-corrected chi connectivity index (χ0v) is 12.7. The first kappa shape index (κ1) is 14.5. The van der Waals surface area contributed by atoms with E-state index in [0.717, 1.165) is 16.8 Å². The van der Waals surface area contributed by atoms with Crippen molar-refractivity contribution in [3.05, 3.63) is 84.6 Å². The van der Waals surface area contributed by atoms with Crippen LogP contribution < -0.4 is 0 Å². The summed E-state index contributed by atoms with van der Waals surface area (Å²) in [5.41, 5.74) is 2.35. The summed E-state index contributed by atoms with van der Waals surface area (Å²) in [4.78, 5) is 4.58. The molecule has 0 aliphatic rings. The summed E-state index contributed by atoms with van der Waals surface area (Å²) >= 11 is 0. The fourth-order valence-corrected chi connectivity index (χ4v) is 3.65. The van der Waals surface area contributed by atoms with E-state index < -0.39 is 9.84 Å². The van der Waals surface area contributed by atoms with Gasteiger partial charge in [-0.05, 0) is 29.8 Å². The molecule has 3 aromatic rings. The SMILES string of the molecule is O=S(=O)(Cc1ccccc1)c1cccc(-c2ccccn2)c1. The Balaban J connectivity index is 1.95. The highest BCUT2D eigenvalue weighted by molar-refractivity contribution is 7.90. The number of hydrogen-bond donors (Lipinski definition) is 0. The molecule has 22 heavy (non-hydrogen) atoms. The van der Waals surface area contributed by atoms with Gasteiger partial charge in [-0.25, -0.2) is 8.42 Å². The van der Waals surface area contributed by atoms with E-state index in [1.165, 1.54) is 0 Å². The van der Waals surface area contributed by atoms with Gasteiger partial charge in [0.15, 0.2) is 9.84 Å². The van der Waals surface area contributed by atoms with Gasteiger partial charge in [0.2, 0.25) is 0 Å². The summed E-state index contributed by atoms with van der Waals surface area (Å²) in [6, 6.07) is 21.7. The molecule has 0 saturated heterocycles. The predicted octanol–water partition coefficient (Wildman–Crippen LogP) is 3.72. The summed E-state index contributed by atoms with van der Waals surface area (Å²) in [5, 5.41) is 0. The second-order valence-electron chi connectivity index (χ2n) is 4.99. The van der Waals surface area contributed by atoms with Gasteiger partial charge in [-0.15, -0.1) is 0 Å². The van der Waals surface area contributed by atoms with Gasteiger partial charge in [0, 0.05) is 11.8 Å². The fourth-order valence-electron chi connectivity index (χ4n) is 2.26. The molecule has 0 fully saturated rings. The minimum absolute atomic E-state index is 0.000485. The third kappa shape index (κ3) is 3.23. The van der Waals surface area contributed by atoms with E-state index in [9.17, 15) is 8.42 Å². The summed E-state index contributed by atoms with van der Waals surface area (Å²) in [5.74, 6) is -0.000485. The molecule has 0 saturated carbocycles. The third-order valence-electron chi connectivity index (χ3n) is 3.35. The quantitative estimate of drug-likeness (QED) is 0.738. The molecule has 0 amide bonds. The molecule has 0 bridgehead atoms. The smallest absolute Gasteiger partial charge is 0.182 e. The molecule has 0 aliphatic heterocycles. The first-order valence-corrected chi connectivity index (χ1v) is 8.58. The normalized spacial score (nSPS) is 11.3. The van der Waals surface area contributed by atoms with Gasteiger partial charge in [-0.1, -0.05) is 48.5 Å². The lowest BCUT2D eigenvalue weighted by atomic mass is 10.1. The number of sulfone groups is 1. The zero-order chi connectivity index (χ0) is 15.4. The van der Waals surface area contributed by atoms with Gasteiger partial charge < -0.3 is 0 Å². The van der Waals surface area contributed by atoms with Gasteiger partial charge in [-0.2, -0.15) is 0 Å². The minimum atomic E-state index is -3.37. The van der Waals surface area contributed by atoms with Crippen molar-refractivity contribution < 1.29 is 8.42 Å². The Labute approximate surface area is 130 Å². The molecule has 0 spiro atoms. The van der Waals surface area contributed by atoms with Crippen LogP contribution in [0.4, 0.5) is 0 Å². The van der Waals surface area contributed by atoms with Crippen LogP contribution in [0.1, 0.15) is 5.56 Å². The summed E-state index contributed by atoms with van der Waals surface area (Å²) in [7, 11) is -3.37. The maximum Gasteiger partial charge on any atom is 0.182 e. The molecule has 4 heteroatoms. The van der Waals surface area contributed by atoms with Crippen LogP contribution in [0.5, 0.6) is 0 Å². The number of pyridine rings is 1. The third-order valence-corrected chi connectivity index (χ3v) is 5.04. The number of hydrogen-bond acceptors (Lipinski definition) is 3. The van der Waals surface area contributed by atoms with Crippen molar-refractivity contribution in [2.75, 3.05) is 0 Å². The maximum absolute atomic E-state index is 12.6. The Bertz CT molecular complexity index is 860. The fraction of sp³-hybridized carbons (Fsp3) is 0.0556. The van der Waals surface area contributed by atoms with Crippen LogP contribution in [0.15, 0.2) is 83.9 Å². The first-order chi connectivity index (χ1) is 10.6. The van der Waals surface area contributed by atoms with Crippen molar-refractivity contribution in [1.82, 2.24) is 4.98 Å². The van der Waals surface area contributed by atoms with Crippen molar-refractivity contribution in [1.29, 1.82) is 0 Å².